The molecule has 2 aromatic rings. The van der Waals surface area contributed by atoms with Crippen molar-refractivity contribution in [2.45, 2.75) is 6.92 Å². The molecule has 2 heterocycles. The smallest absolute Gasteiger partial charge is 0.0927 e. The van der Waals surface area contributed by atoms with Crippen LogP contribution in [0.1, 0.15) is 5.56 Å². The minimum Gasteiger partial charge on any atom is -0.366 e. The Kier molecular flexibility index (Phi) is 2.03. The lowest BCUT2D eigenvalue weighted by atomic mass is 10.2. The minimum absolute atomic E-state index is 0.811. The van der Waals surface area contributed by atoms with Gasteiger partial charge in [0.25, 0.3) is 0 Å². The van der Waals surface area contributed by atoms with E-state index in [9.17, 15) is 0 Å². The van der Waals surface area contributed by atoms with Crippen LogP contribution in [0.2, 0.25) is 0 Å². The fourth-order valence-corrected chi connectivity index (χ4v) is 2.06. The van der Waals surface area contributed by atoms with E-state index in [0.29, 0.717) is 0 Å². The highest BCUT2D eigenvalue weighted by Crippen LogP contribution is 2.37. The van der Waals surface area contributed by atoms with Crippen molar-refractivity contribution in [1.82, 2.24) is 4.98 Å². The van der Waals surface area contributed by atoms with Crippen molar-refractivity contribution in [3.05, 3.63) is 48.3 Å². The number of aromatic nitrogens is 1. The highest BCUT2D eigenvalue weighted by molar-refractivity contribution is 5.81. The molecule has 0 saturated carbocycles. The van der Waals surface area contributed by atoms with Gasteiger partial charge in [-0.2, -0.15) is 0 Å². The van der Waals surface area contributed by atoms with E-state index in [0.717, 1.165) is 6.67 Å². The molecule has 3 heteroatoms. The summed E-state index contributed by atoms with van der Waals surface area (Å²) < 4.78 is 0. The van der Waals surface area contributed by atoms with Gasteiger partial charge in [-0.3, -0.25) is 4.98 Å². The zero-order valence-corrected chi connectivity index (χ0v) is 9.14. The van der Waals surface area contributed by atoms with E-state index in [4.69, 9.17) is 0 Å². The molecule has 0 atom stereocenters. The van der Waals surface area contributed by atoms with Crippen molar-refractivity contribution in [2.75, 3.05) is 16.9 Å². The Balaban J connectivity index is 2.08. The lowest BCUT2D eigenvalue weighted by Gasteiger charge is -2.19. The maximum Gasteiger partial charge on any atom is 0.0927 e. The van der Waals surface area contributed by atoms with Crippen LogP contribution in [0.25, 0.3) is 0 Å². The van der Waals surface area contributed by atoms with Gasteiger partial charge in [0, 0.05) is 6.20 Å². The van der Waals surface area contributed by atoms with Gasteiger partial charge in [0.1, 0.15) is 0 Å². The topological polar surface area (TPSA) is 28.2 Å². The number of anilines is 3. The molecule has 16 heavy (non-hydrogen) atoms. The summed E-state index contributed by atoms with van der Waals surface area (Å²) in [5.74, 6) is 0. The number of rotatable bonds is 1. The summed E-state index contributed by atoms with van der Waals surface area (Å²) >= 11 is 0. The predicted molar refractivity (Wildman–Crippen MR) is 66.0 cm³/mol. The second kappa shape index (κ2) is 3.52. The fourth-order valence-electron chi connectivity index (χ4n) is 2.06. The Bertz CT molecular complexity index is 522. The molecule has 3 nitrogen and oxygen atoms in total. The molecule has 1 aliphatic rings. The van der Waals surface area contributed by atoms with Gasteiger partial charge in [0.15, 0.2) is 0 Å². The van der Waals surface area contributed by atoms with Gasteiger partial charge in [-0.25, -0.2) is 0 Å². The van der Waals surface area contributed by atoms with Gasteiger partial charge in [-0.15, -0.1) is 0 Å². The van der Waals surface area contributed by atoms with Crippen LogP contribution in [-0.2, 0) is 0 Å². The number of nitrogens with one attached hydrogen (secondary N) is 1. The van der Waals surface area contributed by atoms with E-state index < -0.39 is 0 Å². The number of aryl methyl sites for hydroxylation is 1. The zero-order chi connectivity index (χ0) is 11.0. The monoisotopic (exact) mass is 211 g/mol. The van der Waals surface area contributed by atoms with Crippen molar-refractivity contribution in [3.63, 3.8) is 0 Å². The molecular weight excluding hydrogens is 198 g/mol. The average Bonchev–Trinajstić information content (AvgIpc) is 2.74. The molecule has 1 aromatic heterocycles. The molecule has 3 rings (SSSR count). The predicted octanol–water partition coefficient (Wildman–Crippen LogP) is 2.91. The molecule has 1 N–H and O–H groups in total. The van der Waals surface area contributed by atoms with Crippen LogP contribution in [-0.4, -0.2) is 11.7 Å². The largest absolute Gasteiger partial charge is 0.366 e. The number of hydrogen-bond donors (Lipinski definition) is 1. The molecule has 0 aliphatic carbocycles. The van der Waals surface area contributed by atoms with E-state index in [1.54, 1.807) is 0 Å². The zero-order valence-electron chi connectivity index (χ0n) is 9.14. The molecule has 0 saturated heterocycles. The third-order valence-corrected chi connectivity index (χ3v) is 2.92. The molecule has 0 bridgehead atoms. The number of fused-ring (bicyclic) bond motifs is 1. The second-order valence-corrected chi connectivity index (χ2v) is 3.94. The van der Waals surface area contributed by atoms with Crippen molar-refractivity contribution >= 4 is 17.1 Å². The normalized spacial score (nSPS) is 13.4. The van der Waals surface area contributed by atoms with Crippen molar-refractivity contribution in [2.24, 2.45) is 0 Å². The third-order valence-electron chi connectivity index (χ3n) is 2.92. The summed E-state index contributed by atoms with van der Waals surface area (Å²) in [5, 5.41) is 3.37. The maximum atomic E-state index is 4.19. The van der Waals surface area contributed by atoms with E-state index in [1.165, 1.54) is 22.6 Å². The molecule has 0 radical (unpaired) electrons. The van der Waals surface area contributed by atoms with Crippen LogP contribution in [0.5, 0.6) is 0 Å². The van der Waals surface area contributed by atoms with Gasteiger partial charge in [0.2, 0.25) is 0 Å². The standard InChI is InChI=1S/C13H13N3/c1-10-6-7-14-8-13(10)16-9-15-11-4-2-3-5-12(11)16/h2-8,15H,9H2,1H3. The first-order valence-corrected chi connectivity index (χ1v) is 5.37. The first-order valence-electron chi connectivity index (χ1n) is 5.37. The molecule has 80 valence electrons. The molecule has 0 spiro atoms. The van der Waals surface area contributed by atoms with Crippen LogP contribution in [0.3, 0.4) is 0 Å². The van der Waals surface area contributed by atoms with Crippen molar-refractivity contribution in [1.29, 1.82) is 0 Å². The van der Waals surface area contributed by atoms with E-state index in [-0.39, 0.29) is 0 Å². The Morgan fingerprint density at radius 1 is 1.19 bits per heavy atom. The van der Waals surface area contributed by atoms with Crippen LogP contribution in [0.4, 0.5) is 17.1 Å². The van der Waals surface area contributed by atoms with E-state index >= 15 is 0 Å². The van der Waals surface area contributed by atoms with Crippen LogP contribution in [0.15, 0.2) is 42.7 Å². The highest BCUT2D eigenvalue weighted by Gasteiger charge is 2.20. The Labute approximate surface area is 94.7 Å². The molecule has 1 aromatic carbocycles. The maximum absolute atomic E-state index is 4.19. The Hall–Kier alpha value is -2.03. The summed E-state index contributed by atoms with van der Waals surface area (Å²) in [6, 6.07) is 10.4. The summed E-state index contributed by atoms with van der Waals surface area (Å²) in [6.07, 6.45) is 3.74. The highest BCUT2D eigenvalue weighted by atomic mass is 15.3. The number of pyridine rings is 1. The molecular formula is C13H13N3. The SMILES string of the molecule is Cc1ccncc1N1CNc2ccccc21. The second-order valence-electron chi connectivity index (χ2n) is 3.94. The van der Waals surface area contributed by atoms with E-state index in [1.807, 2.05) is 24.5 Å². The van der Waals surface area contributed by atoms with Gasteiger partial charge >= 0.3 is 0 Å². The fraction of sp³-hybridized carbons (Fsp3) is 0.154. The lowest BCUT2D eigenvalue weighted by molar-refractivity contribution is 1.07. The lowest BCUT2D eigenvalue weighted by Crippen LogP contribution is -2.17. The Morgan fingerprint density at radius 2 is 2.06 bits per heavy atom. The van der Waals surface area contributed by atoms with Gasteiger partial charge < -0.3 is 10.2 Å². The molecule has 0 fully saturated rings. The number of para-hydroxylation sites is 2. The van der Waals surface area contributed by atoms with Gasteiger partial charge in [-0.05, 0) is 30.7 Å². The first kappa shape index (κ1) is 9.21. The number of hydrogen-bond acceptors (Lipinski definition) is 3. The van der Waals surface area contributed by atoms with E-state index in [2.05, 4.69) is 40.3 Å². The van der Waals surface area contributed by atoms with Crippen LogP contribution in [0, 0.1) is 6.92 Å². The van der Waals surface area contributed by atoms with Crippen molar-refractivity contribution in [3.8, 4) is 0 Å². The average molecular weight is 211 g/mol. The Morgan fingerprint density at radius 3 is 2.94 bits per heavy atom. The summed E-state index contributed by atoms with van der Waals surface area (Å²) in [6.45, 7) is 2.92. The number of nitrogens with zero attached hydrogens (tertiary/aromatic N) is 2. The molecule has 0 amide bonds. The van der Waals surface area contributed by atoms with Gasteiger partial charge in [0.05, 0.1) is 29.9 Å². The van der Waals surface area contributed by atoms with Crippen LogP contribution < -0.4 is 10.2 Å². The van der Waals surface area contributed by atoms with Gasteiger partial charge in [-0.1, -0.05) is 12.1 Å². The van der Waals surface area contributed by atoms with Crippen molar-refractivity contribution < 1.29 is 0 Å². The van der Waals surface area contributed by atoms with Crippen LogP contribution >= 0.6 is 0 Å². The number of benzene rings is 1. The molecule has 0 unspecified atom stereocenters. The quantitative estimate of drug-likeness (QED) is 0.786. The third kappa shape index (κ3) is 1.33. The summed E-state index contributed by atoms with van der Waals surface area (Å²) in [5.41, 5.74) is 4.82. The summed E-state index contributed by atoms with van der Waals surface area (Å²) in [7, 11) is 0. The first-order chi connectivity index (χ1) is 7.86. The summed E-state index contributed by atoms with van der Waals surface area (Å²) in [4.78, 5) is 6.44. The molecule has 1 aliphatic heterocycles. The minimum atomic E-state index is 0.811.